The van der Waals surface area contributed by atoms with Gasteiger partial charge in [0, 0.05) is 51.4 Å². The Morgan fingerprint density at radius 2 is 0.667 bits per heavy atom. The smallest absolute Gasteiger partial charge is 0.0595 e. The summed E-state index contributed by atoms with van der Waals surface area (Å²) in [4.78, 5) is 15.9. The first kappa shape index (κ1) is 20.5. The van der Waals surface area contributed by atoms with Crippen molar-refractivity contribution >= 4 is 56.5 Å². The minimum atomic E-state index is -1.56. The molecule has 3 aliphatic carbocycles. The fourth-order valence-electron chi connectivity index (χ4n) is 7.57. The normalized spacial score (nSPS) is 23.0. The highest BCUT2D eigenvalue weighted by Crippen LogP contribution is 2.61. The van der Waals surface area contributed by atoms with Crippen molar-refractivity contribution in [2.75, 3.05) is 0 Å². The van der Waals surface area contributed by atoms with Crippen LogP contribution in [0.25, 0.3) is 32.3 Å². The van der Waals surface area contributed by atoms with Gasteiger partial charge in [-0.05, 0) is 32.8 Å². The Hall–Kier alpha value is -1.90. The highest BCUT2D eigenvalue weighted by Gasteiger charge is 2.48. The molecule has 0 amide bonds. The number of hydrogen-bond donors (Lipinski definition) is 0. The summed E-state index contributed by atoms with van der Waals surface area (Å²) in [6.45, 7) is 22.5. The zero-order valence-corrected chi connectivity index (χ0v) is 24.3. The van der Waals surface area contributed by atoms with Crippen LogP contribution in [0.4, 0.5) is 0 Å². The average molecular weight is 484 g/mol. The lowest BCUT2D eigenvalue weighted by molar-refractivity contribution is 0.998. The van der Waals surface area contributed by atoms with Gasteiger partial charge in [-0.25, -0.2) is 0 Å². The Balaban J connectivity index is 1.79. The molecule has 4 aromatic rings. The third-order valence-electron chi connectivity index (χ3n) is 8.51. The molecular weight excluding hydrogens is 451 g/mol. The van der Waals surface area contributed by atoms with E-state index in [1.807, 2.05) is 0 Å². The Morgan fingerprint density at radius 1 is 0.424 bits per heavy atom. The van der Waals surface area contributed by atoms with Gasteiger partial charge in [-0.3, -0.25) is 15.0 Å². The summed E-state index contributed by atoms with van der Waals surface area (Å²) in [6.07, 6.45) is 6.78. The highest BCUT2D eigenvalue weighted by atomic mass is 28.3. The van der Waals surface area contributed by atoms with Gasteiger partial charge in [0.15, 0.2) is 0 Å². The van der Waals surface area contributed by atoms with Gasteiger partial charge in [-0.2, -0.15) is 0 Å². The van der Waals surface area contributed by atoms with Crippen LogP contribution in [0.15, 0.2) is 18.6 Å². The van der Waals surface area contributed by atoms with Crippen LogP contribution in [0.1, 0.15) is 50.4 Å². The van der Waals surface area contributed by atoms with Crippen molar-refractivity contribution in [3.8, 4) is 0 Å². The zero-order valence-electron chi connectivity index (χ0n) is 21.3. The zero-order chi connectivity index (χ0) is 23.4. The molecule has 168 valence electrons. The molecule has 0 radical (unpaired) electrons. The van der Waals surface area contributed by atoms with E-state index in [4.69, 9.17) is 15.0 Å². The molecule has 7 rings (SSSR count). The van der Waals surface area contributed by atoms with E-state index in [1.54, 1.807) is 0 Å². The predicted octanol–water partition coefficient (Wildman–Crippen LogP) is 7.30. The van der Waals surface area contributed by atoms with Crippen molar-refractivity contribution in [1.29, 1.82) is 0 Å². The van der Waals surface area contributed by atoms with E-state index in [0.29, 0.717) is 16.6 Å². The molecule has 0 N–H and O–H groups in total. The first-order valence-corrected chi connectivity index (χ1v) is 23.1. The monoisotopic (exact) mass is 483 g/mol. The molecule has 0 unspecified atom stereocenters. The van der Waals surface area contributed by atoms with Crippen molar-refractivity contribution in [1.82, 2.24) is 15.0 Å². The molecule has 1 aromatic carbocycles. The Morgan fingerprint density at radius 3 is 0.879 bits per heavy atom. The molecule has 3 heterocycles. The molecule has 0 saturated heterocycles. The van der Waals surface area contributed by atoms with Gasteiger partial charge in [-0.15, -0.1) is 0 Å². The lowest BCUT2D eigenvalue weighted by Crippen LogP contribution is -2.32. The lowest BCUT2D eigenvalue weighted by atomic mass is 9.98. The number of rotatable bonds is 3. The molecule has 3 aliphatic rings. The van der Waals surface area contributed by atoms with Crippen LogP contribution in [0.3, 0.4) is 0 Å². The first-order valence-electron chi connectivity index (χ1n) is 12.4. The topological polar surface area (TPSA) is 38.7 Å². The fourth-order valence-corrected chi connectivity index (χ4v) is 14.1. The van der Waals surface area contributed by atoms with Crippen molar-refractivity contribution < 1.29 is 0 Å². The molecule has 33 heavy (non-hydrogen) atoms. The second-order valence-corrected chi connectivity index (χ2v) is 29.9. The molecule has 0 saturated carbocycles. The molecule has 3 nitrogen and oxygen atoms in total. The van der Waals surface area contributed by atoms with E-state index >= 15 is 0 Å². The molecule has 6 heteroatoms. The largest absolute Gasteiger partial charge is 0.260 e. The third-order valence-corrected chi connectivity index (χ3v) is 15.5. The quantitative estimate of drug-likeness (QED) is 0.227. The van der Waals surface area contributed by atoms with Crippen LogP contribution in [-0.2, 0) is 0 Å². The van der Waals surface area contributed by atoms with E-state index in [1.165, 1.54) is 66.1 Å². The van der Waals surface area contributed by atoms with Gasteiger partial charge in [0.25, 0.3) is 0 Å². The van der Waals surface area contributed by atoms with Gasteiger partial charge in [0.05, 0.1) is 41.3 Å². The van der Waals surface area contributed by atoms with Crippen molar-refractivity contribution in [3.05, 3.63) is 52.4 Å². The van der Waals surface area contributed by atoms with Crippen LogP contribution in [-0.4, -0.2) is 39.2 Å². The predicted molar refractivity (Wildman–Crippen MR) is 148 cm³/mol. The number of hydrogen-bond acceptors (Lipinski definition) is 3. The summed E-state index contributed by atoms with van der Waals surface area (Å²) in [5.74, 6) is 0. The summed E-state index contributed by atoms with van der Waals surface area (Å²) in [7, 11) is -4.67. The Labute approximate surface area is 199 Å². The minimum Gasteiger partial charge on any atom is -0.260 e. The fraction of sp³-hybridized carbons (Fsp3) is 0.444. The minimum absolute atomic E-state index is 0.427. The van der Waals surface area contributed by atoms with Gasteiger partial charge < -0.3 is 0 Å². The van der Waals surface area contributed by atoms with E-state index in [-0.39, 0.29) is 0 Å². The van der Waals surface area contributed by atoms with Gasteiger partial charge in [-0.1, -0.05) is 58.9 Å². The van der Waals surface area contributed by atoms with Crippen molar-refractivity contribution in [2.45, 2.75) is 75.5 Å². The maximum atomic E-state index is 5.29. The average Bonchev–Trinajstić information content (AvgIpc) is 3.29. The highest BCUT2D eigenvalue weighted by molar-refractivity contribution is 6.80. The molecule has 0 bridgehead atoms. The van der Waals surface area contributed by atoms with Gasteiger partial charge in [0.2, 0.25) is 0 Å². The van der Waals surface area contributed by atoms with Crippen LogP contribution in [0.2, 0.25) is 58.9 Å². The number of aromatic nitrogens is 3. The summed E-state index contributed by atoms with van der Waals surface area (Å²) < 4.78 is 0. The SMILES string of the molecule is C[Si](C)(C)[C@@H]1c2cnc3c4c2c2c1ncc1c2c2c(ncc(c42)[C@H]3[Si](C)(C)C)[C@@H]1[Si](C)(C)C. The van der Waals surface area contributed by atoms with Crippen LogP contribution >= 0.6 is 0 Å². The summed E-state index contributed by atoms with van der Waals surface area (Å²) in [6, 6.07) is 0. The van der Waals surface area contributed by atoms with Crippen molar-refractivity contribution in [3.63, 3.8) is 0 Å². The molecule has 3 aromatic heterocycles. The summed E-state index contributed by atoms with van der Waals surface area (Å²) in [5.41, 5.74) is 9.70. The molecule has 0 spiro atoms. The Bertz CT molecular complexity index is 1270. The first-order chi connectivity index (χ1) is 15.3. The van der Waals surface area contributed by atoms with Crippen LogP contribution in [0, 0.1) is 0 Å². The van der Waals surface area contributed by atoms with Gasteiger partial charge in [0.1, 0.15) is 0 Å². The lowest BCUT2D eigenvalue weighted by Gasteiger charge is -2.28. The van der Waals surface area contributed by atoms with Gasteiger partial charge >= 0.3 is 0 Å². The summed E-state index contributed by atoms with van der Waals surface area (Å²) in [5, 5.41) is 8.94. The molecule has 3 atom stereocenters. The molecular formula is C27H33N3Si3. The Kier molecular flexibility index (Phi) is 3.51. The summed E-state index contributed by atoms with van der Waals surface area (Å²) >= 11 is 0. The van der Waals surface area contributed by atoms with E-state index < -0.39 is 24.2 Å². The number of nitrogens with zero attached hydrogens (tertiary/aromatic N) is 3. The van der Waals surface area contributed by atoms with Crippen molar-refractivity contribution in [2.24, 2.45) is 0 Å². The maximum absolute atomic E-state index is 5.29. The molecule has 0 fully saturated rings. The third kappa shape index (κ3) is 2.24. The molecule has 0 aliphatic heterocycles. The van der Waals surface area contributed by atoms with E-state index in [9.17, 15) is 0 Å². The van der Waals surface area contributed by atoms with E-state index in [2.05, 4.69) is 77.5 Å². The van der Waals surface area contributed by atoms with Crippen LogP contribution in [0.5, 0.6) is 0 Å². The standard InChI is InChI=1S/C27H33N3Si3/c1-31(2,3)25-13-10-29-23-20-16(13)19-17-14(11-28-22(19)25)26(32(4,5)6)24-21(17)18(20)15(12-30-24)27(23)33(7,8)9/h10-12,25-27H,1-9H3/t25-,26-,27-/m1/s1. The van der Waals surface area contributed by atoms with Crippen LogP contribution < -0.4 is 0 Å². The van der Waals surface area contributed by atoms with E-state index in [0.717, 1.165) is 0 Å². The second kappa shape index (κ2) is 5.66. The number of pyridine rings is 3. The second-order valence-electron chi connectivity index (χ2n) is 13.9. The maximum Gasteiger partial charge on any atom is 0.0595 e. The number of benzene rings is 1.